The molecule has 1 fully saturated rings. The maximum atomic E-state index is 13.2. The molecule has 1 aliphatic heterocycles. The van der Waals surface area contributed by atoms with Gasteiger partial charge in [-0.1, -0.05) is 35.3 Å². The van der Waals surface area contributed by atoms with Crippen LogP contribution in [-0.4, -0.2) is 37.0 Å². The second-order valence-corrected chi connectivity index (χ2v) is 8.42. The van der Waals surface area contributed by atoms with Gasteiger partial charge in [-0.3, -0.25) is 14.5 Å². The minimum atomic E-state index is -0.959. The lowest BCUT2D eigenvalue weighted by molar-refractivity contribution is -0.132. The number of carbonyl (C=O) groups excluding carboxylic acids is 3. The van der Waals surface area contributed by atoms with Crippen LogP contribution in [0.1, 0.15) is 27.5 Å². The molecule has 7 nitrogen and oxygen atoms in total. The number of ether oxygens (including phenoxy) is 2. The summed E-state index contributed by atoms with van der Waals surface area (Å²) in [4.78, 5) is 39.5. The number of aliphatic hydroxyl groups is 1. The first-order valence-corrected chi connectivity index (χ1v) is 11.1. The third-order valence-corrected chi connectivity index (χ3v) is 6.37. The molecule has 0 radical (unpaired) electrons. The normalized spacial score (nSPS) is 16.9. The van der Waals surface area contributed by atoms with Crippen molar-refractivity contribution in [2.24, 2.45) is 0 Å². The minimum Gasteiger partial charge on any atom is -0.507 e. The van der Waals surface area contributed by atoms with Gasteiger partial charge >= 0.3 is 5.97 Å². The zero-order valence-corrected chi connectivity index (χ0v) is 20.1. The van der Waals surface area contributed by atoms with Crippen LogP contribution in [0.4, 0.5) is 5.69 Å². The standard InChI is InChI=1S/C26H19Cl2NO6/c1-34-18-10-5-14(6-11-18)22-21(23(30)16-7-12-19(27)20(28)13-16)24(31)25(32)29(22)17-8-3-15(4-9-17)26(33)35-2/h3-13,22,30H,1-2H3/b23-21-. The van der Waals surface area contributed by atoms with Crippen molar-refractivity contribution in [1.29, 1.82) is 0 Å². The highest BCUT2D eigenvalue weighted by Gasteiger charge is 2.47. The number of hydrogen-bond donors (Lipinski definition) is 1. The Hall–Kier alpha value is -3.81. The number of hydrogen-bond acceptors (Lipinski definition) is 6. The van der Waals surface area contributed by atoms with E-state index in [9.17, 15) is 19.5 Å². The van der Waals surface area contributed by atoms with Crippen LogP contribution in [0.5, 0.6) is 5.75 Å². The Bertz CT molecular complexity index is 1350. The van der Waals surface area contributed by atoms with Gasteiger partial charge < -0.3 is 14.6 Å². The van der Waals surface area contributed by atoms with E-state index in [1.807, 2.05) is 0 Å². The number of benzene rings is 3. The highest BCUT2D eigenvalue weighted by molar-refractivity contribution is 6.51. The van der Waals surface area contributed by atoms with Gasteiger partial charge in [-0.25, -0.2) is 4.79 Å². The summed E-state index contributed by atoms with van der Waals surface area (Å²) < 4.78 is 9.94. The SMILES string of the molecule is COC(=O)c1ccc(N2C(=O)C(=O)/C(=C(\O)c3ccc(Cl)c(Cl)c3)C2c2ccc(OC)cc2)cc1. The van der Waals surface area contributed by atoms with E-state index >= 15 is 0 Å². The predicted octanol–water partition coefficient (Wildman–Crippen LogP) is 5.41. The smallest absolute Gasteiger partial charge is 0.337 e. The molecule has 1 aliphatic rings. The Labute approximate surface area is 211 Å². The van der Waals surface area contributed by atoms with Gasteiger partial charge in [-0.2, -0.15) is 0 Å². The van der Waals surface area contributed by atoms with E-state index in [1.165, 1.54) is 61.6 Å². The number of methoxy groups -OCH3 is 2. The molecule has 3 aromatic rings. The van der Waals surface area contributed by atoms with Crippen molar-refractivity contribution >= 4 is 52.3 Å². The van der Waals surface area contributed by atoms with Gasteiger partial charge in [0.2, 0.25) is 0 Å². The van der Waals surface area contributed by atoms with Crippen LogP contribution < -0.4 is 9.64 Å². The first kappa shape index (κ1) is 24.3. The first-order chi connectivity index (χ1) is 16.8. The molecule has 178 valence electrons. The van der Waals surface area contributed by atoms with Gasteiger partial charge in [0.15, 0.2) is 0 Å². The van der Waals surface area contributed by atoms with Crippen LogP contribution in [0.25, 0.3) is 5.76 Å². The average Bonchev–Trinajstić information content (AvgIpc) is 3.15. The monoisotopic (exact) mass is 511 g/mol. The number of amides is 1. The van der Waals surface area contributed by atoms with Crippen molar-refractivity contribution in [2.75, 3.05) is 19.1 Å². The summed E-state index contributed by atoms with van der Waals surface area (Å²) in [6.07, 6.45) is 0. The number of esters is 1. The summed E-state index contributed by atoms with van der Waals surface area (Å²) in [5.74, 6) is -2.05. The average molecular weight is 512 g/mol. The highest BCUT2D eigenvalue weighted by Crippen LogP contribution is 2.43. The van der Waals surface area contributed by atoms with E-state index in [0.29, 0.717) is 17.0 Å². The molecule has 1 N–H and O–H groups in total. The minimum absolute atomic E-state index is 0.115. The summed E-state index contributed by atoms with van der Waals surface area (Å²) in [7, 11) is 2.79. The van der Waals surface area contributed by atoms with Gasteiger partial charge in [0.1, 0.15) is 11.5 Å². The van der Waals surface area contributed by atoms with E-state index in [4.69, 9.17) is 32.7 Å². The molecule has 0 bridgehead atoms. The van der Waals surface area contributed by atoms with Crippen LogP contribution in [0.3, 0.4) is 0 Å². The molecule has 1 heterocycles. The molecule has 9 heteroatoms. The maximum Gasteiger partial charge on any atom is 0.337 e. The number of Topliss-reactive ketones (excluding diaryl/α,β-unsaturated/α-hetero) is 1. The quantitative estimate of drug-likeness (QED) is 0.213. The maximum absolute atomic E-state index is 13.2. The number of aliphatic hydroxyl groups excluding tert-OH is 1. The summed E-state index contributed by atoms with van der Waals surface area (Å²) in [5, 5.41) is 11.6. The van der Waals surface area contributed by atoms with E-state index < -0.39 is 29.5 Å². The number of carbonyl (C=O) groups is 3. The van der Waals surface area contributed by atoms with Gasteiger partial charge in [-0.05, 0) is 60.2 Å². The third-order valence-electron chi connectivity index (χ3n) is 5.64. The molecule has 3 aromatic carbocycles. The van der Waals surface area contributed by atoms with Crippen LogP contribution in [0.2, 0.25) is 10.0 Å². The third kappa shape index (κ3) is 4.48. The van der Waals surface area contributed by atoms with Crippen molar-refractivity contribution in [1.82, 2.24) is 0 Å². The Kier molecular flexibility index (Phi) is 6.82. The summed E-state index contributed by atoms with van der Waals surface area (Å²) >= 11 is 12.1. The lowest BCUT2D eigenvalue weighted by atomic mass is 9.95. The molecular weight excluding hydrogens is 493 g/mol. The fraction of sp³-hybridized carbons (Fsp3) is 0.115. The molecule has 0 aromatic heterocycles. The lowest BCUT2D eigenvalue weighted by Gasteiger charge is -2.25. The van der Waals surface area contributed by atoms with E-state index in [1.54, 1.807) is 24.3 Å². The summed E-state index contributed by atoms with van der Waals surface area (Å²) in [5.41, 5.74) is 1.31. The number of rotatable bonds is 5. The first-order valence-electron chi connectivity index (χ1n) is 10.4. The molecule has 1 atom stereocenters. The molecule has 35 heavy (non-hydrogen) atoms. The van der Waals surface area contributed by atoms with Crippen molar-refractivity contribution in [2.45, 2.75) is 6.04 Å². The number of ketones is 1. The topological polar surface area (TPSA) is 93.1 Å². The fourth-order valence-corrected chi connectivity index (χ4v) is 4.17. The van der Waals surface area contributed by atoms with E-state index in [2.05, 4.69) is 0 Å². The van der Waals surface area contributed by atoms with Crippen LogP contribution in [0, 0.1) is 0 Å². The summed E-state index contributed by atoms with van der Waals surface area (Å²) in [6.45, 7) is 0. The Balaban J connectivity index is 1.90. The molecule has 1 unspecified atom stereocenters. The van der Waals surface area contributed by atoms with Crippen molar-refractivity contribution < 1.29 is 29.0 Å². The zero-order valence-electron chi connectivity index (χ0n) is 18.6. The van der Waals surface area contributed by atoms with Crippen molar-refractivity contribution in [3.63, 3.8) is 0 Å². The van der Waals surface area contributed by atoms with E-state index in [-0.39, 0.29) is 26.7 Å². The van der Waals surface area contributed by atoms with Crippen LogP contribution in [0.15, 0.2) is 72.3 Å². The van der Waals surface area contributed by atoms with Crippen molar-refractivity contribution in [3.05, 3.63) is 99.0 Å². The number of nitrogens with zero attached hydrogens (tertiary/aromatic N) is 1. The predicted molar refractivity (Wildman–Crippen MR) is 132 cm³/mol. The second-order valence-electron chi connectivity index (χ2n) is 7.61. The number of anilines is 1. The second kappa shape index (κ2) is 9.82. The van der Waals surface area contributed by atoms with Crippen LogP contribution >= 0.6 is 23.2 Å². The van der Waals surface area contributed by atoms with Gasteiger partial charge in [-0.15, -0.1) is 0 Å². The highest BCUT2D eigenvalue weighted by atomic mass is 35.5. The molecule has 0 saturated carbocycles. The van der Waals surface area contributed by atoms with Gasteiger partial charge in [0.25, 0.3) is 11.7 Å². The van der Waals surface area contributed by atoms with E-state index in [0.717, 1.165) is 0 Å². The van der Waals surface area contributed by atoms with Gasteiger partial charge in [0.05, 0.1) is 41.4 Å². The summed E-state index contributed by atoms with van der Waals surface area (Å²) in [6, 6.07) is 16.3. The lowest BCUT2D eigenvalue weighted by Crippen LogP contribution is -2.29. The molecule has 1 saturated heterocycles. The van der Waals surface area contributed by atoms with Crippen LogP contribution in [-0.2, 0) is 14.3 Å². The Morgan fingerprint density at radius 3 is 2.09 bits per heavy atom. The largest absolute Gasteiger partial charge is 0.507 e. The van der Waals surface area contributed by atoms with Gasteiger partial charge in [0, 0.05) is 11.3 Å². The zero-order chi connectivity index (χ0) is 25.3. The number of halogens is 2. The fourth-order valence-electron chi connectivity index (χ4n) is 3.88. The molecule has 4 rings (SSSR count). The molecule has 1 amide bonds. The molecule has 0 aliphatic carbocycles. The molecule has 0 spiro atoms. The Morgan fingerprint density at radius 2 is 1.51 bits per heavy atom. The van der Waals surface area contributed by atoms with Crippen molar-refractivity contribution in [3.8, 4) is 5.75 Å². The molecular formula is C26H19Cl2NO6. The Morgan fingerprint density at radius 1 is 0.886 bits per heavy atom.